The molecule has 5 nitrogen and oxygen atoms in total. The van der Waals surface area contributed by atoms with Gasteiger partial charge < -0.3 is 10.2 Å². The number of likely N-dealkylation sites (tertiary alicyclic amines) is 2. The van der Waals surface area contributed by atoms with Crippen LogP contribution in [0.5, 0.6) is 0 Å². The second-order valence-corrected chi connectivity index (χ2v) is 8.13. The van der Waals surface area contributed by atoms with E-state index in [1.165, 1.54) is 6.42 Å². The molecule has 0 radical (unpaired) electrons. The third-order valence-electron chi connectivity index (χ3n) is 5.54. The van der Waals surface area contributed by atoms with E-state index >= 15 is 0 Å². The first kappa shape index (κ1) is 18.9. The van der Waals surface area contributed by atoms with Gasteiger partial charge in [-0.2, -0.15) is 0 Å². The molecule has 0 saturated carbocycles. The van der Waals surface area contributed by atoms with Gasteiger partial charge in [0.05, 0.1) is 6.54 Å². The van der Waals surface area contributed by atoms with Gasteiger partial charge in [-0.1, -0.05) is 32.0 Å². The van der Waals surface area contributed by atoms with Crippen molar-refractivity contribution in [2.24, 2.45) is 11.8 Å². The van der Waals surface area contributed by atoms with E-state index in [1.54, 1.807) is 0 Å². The van der Waals surface area contributed by atoms with E-state index in [2.05, 4.69) is 24.1 Å². The lowest BCUT2D eigenvalue weighted by atomic mass is 9.92. The molecule has 0 spiro atoms. The van der Waals surface area contributed by atoms with E-state index < -0.39 is 0 Å². The number of rotatable bonds is 4. The molecule has 142 valence electrons. The van der Waals surface area contributed by atoms with E-state index in [9.17, 15) is 9.59 Å². The zero-order valence-electron chi connectivity index (χ0n) is 16.0. The van der Waals surface area contributed by atoms with Crippen molar-refractivity contribution in [2.45, 2.75) is 39.2 Å². The fourth-order valence-electron chi connectivity index (χ4n) is 4.25. The number of carbonyl (C=O) groups is 2. The number of carbonyl (C=O) groups excluding carboxylic acids is 2. The third-order valence-corrected chi connectivity index (χ3v) is 5.54. The van der Waals surface area contributed by atoms with Crippen molar-refractivity contribution in [3.63, 3.8) is 0 Å². The number of nitrogens with one attached hydrogen (secondary N) is 1. The number of benzene rings is 1. The topological polar surface area (TPSA) is 52.7 Å². The largest absolute Gasteiger partial charge is 0.349 e. The average Bonchev–Trinajstić information content (AvgIpc) is 2.63. The van der Waals surface area contributed by atoms with Crippen molar-refractivity contribution in [1.29, 1.82) is 0 Å². The fraction of sp³-hybridized carbons (Fsp3) is 0.619. The number of amides is 2. The second kappa shape index (κ2) is 8.67. The highest BCUT2D eigenvalue weighted by molar-refractivity contribution is 5.94. The summed E-state index contributed by atoms with van der Waals surface area (Å²) in [5.41, 5.74) is 0.707. The maximum Gasteiger partial charge on any atom is 0.251 e. The van der Waals surface area contributed by atoms with Crippen molar-refractivity contribution in [1.82, 2.24) is 15.1 Å². The van der Waals surface area contributed by atoms with E-state index in [4.69, 9.17) is 0 Å². The van der Waals surface area contributed by atoms with Crippen LogP contribution in [0.1, 0.15) is 43.5 Å². The van der Waals surface area contributed by atoms with Gasteiger partial charge in [0.15, 0.2) is 0 Å². The van der Waals surface area contributed by atoms with Crippen LogP contribution in [0.25, 0.3) is 0 Å². The van der Waals surface area contributed by atoms with Gasteiger partial charge in [-0.15, -0.1) is 0 Å². The van der Waals surface area contributed by atoms with Gasteiger partial charge in [0.1, 0.15) is 0 Å². The molecular formula is C21H31N3O2. The number of piperidine rings is 2. The number of nitrogens with zero attached hydrogens (tertiary/aromatic N) is 2. The molecule has 2 aliphatic heterocycles. The monoisotopic (exact) mass is 357 g/mol. The number of hydrogen-bond donors (Lipinski definition) is 1. The predicted molar refractivity (Wildman–Crippen MR) is 103 cm³/mol. The summed E-state index contributed by atoms with van der Waals surface area (Å²) in [4.78, 5) is 29.1. The van der Waals surface area contributed by atoms with Crippen LogP contribution in [-0.4, -0.2) is 60.4 Å². The Morgan fingerprint density at radius 2 is 1.65 bits per heavy atom. The van der Waals surface area contributed by atoms with Gasteiger partial charge in [-0.3, -0.25) is 14.5 Å². The lowest BCUT2D eigenvalue weighted by molar-refractivity contribution is -0.135. The lowest BCUT2D eigenvalue weighted by Crippen LogP contribution is -2.50. The molecule has 2 amide bonds. The Hall–Kier alpha value is -1.88. The first-order chi connectivity index (χ1) is 12.5. The molecular weight excluding hydrogens is 326 g/mol. The Morgan fingerprint density at radius 3 is 2.27 bits per heavy atom. The summed E-state index contributed by atoms with van der Waals surface area (Å²) >= 11 is 0. The van der Waals surface area contributed by atoms with E-state index in [0.29, 0.717) is 23.9 Å². The highest BCUT2D eigenvalue weighted by Crippen LogP contribution is 2.21. The molecule has 5 heteroatoms. The van der Waals surface area contributed by atoms with Crippen LogP contribution in [-0.2, 0) is 4.79 Å². The van der Waals surface area contributed by atoms with Gasteiger partial charge in [-0.05, 0) is 43.2 Å². The standard InChI is InChI=1S/C21H31N3O2/c1-16-12-17(2)14-24(13-16)20(25)15-23-10-8-19(9-11-23)22-21(26)18-6-4-3-5-7-18/h3-7,16-17,19H,8-15H2,1-2H3,(H,22,26). The van der Waals surface area contributed by atoms with Gasteiger partial charge in [0, 0.05) is 37.8 Å². The minimum Gasteiger partial charge on any atom is -0.349 e. The molecule has 2 fully saturated rings. The Balaban J connectivity index is 1.42. The predicted octanol–water partition coefficient (Wildman–Crippen LogP) is 2.39. The van der Waals surface area contributed by atoms with Crippen molar-refractivity contribution in [3.8, 4) is 0 Å². The summed E-state index contributed by atoms with van der Waals surface area (Å²) < 4.78 is 0. The Labute approximate surface area is 156 Å². The Bertz CT molecular complexity index is 601. The van der Waals surface area contributed by atoms with Gasteiger partial charge in [0.2, 0.25) is 5.91 Å². The van der Waals surface area contributed by atoms with Gasteiger partial charge in [-0.25, -0.2) is 0 Å². The highest BCUT2D eigenvalue weighted by atomic mass is 16.2. The van der Waals surface area contributed by atoms with Crippen LogP contribution >= 0.6 is 0 Å². The molecule has 2 atom stereocenters. The molecule has 0 bridgehead atoms. The molecule has 0 aliphatic carbocycles. The van der Waals surface area contributed by atoms with E-state index in [0.717, 1.165) is 39.0 Å². The maximum absolute atomic E-state index is 12.6. The Kier molecular flexibility index (Phi) is 6.30. The highest BCUT2D eigenvalue weighted by Gasteiger charge is 2.28. The first-order valence-corrected chi connectivity index (χ1v) is 9.87. The van der Waals surface area contributed by atoms with Crippen molar-refractivity contribution in [3.05, 3.63) is 35.9 Å². The molecule has 2 unspecified atom stereocenters. The molecule has 3 rings (SSSR count). The fourth-order valence-corrected chi connectivity index (χ4v) is 4.25. The summed E-state index contributed by atoms with van der Waals surface area (Å²) in [5, 5.41) is 3.12. The van der Waals surface area contributed by atoms with E-state index in [-0.39, 0.29) is 17.9 Å². The average molecular weight is 357 g/mol. The van der Waals surface area contributed by atoms with Crippen LogP contribution in [0.2, 0.25) is 0 Å². The first-order valence-electron chi connectivity index (χ1n) is 9.87. The summed E-state index contributed by atoms with van der Waals surface area (Å²) in [7, 11) is 0. The van der Waals surface area contributed by atoms with Crippen molar-refractivity contribution < 1.29 is 9.59 Å². The normalized spacial score (nSPS) is 25.1. The molecule has 1 aromatic carbocycles. The summed E-state index contributed by atoms with van der Waals surface area (Å²) in [6.07, 6.45) is 3.02. The minimum atomic E-state index is -0.00332. The number of hydrogen-bond acceptors (Lipinski definition) is 3. The van der Waals surface area contributed by atoms with Gasteiger partial charge >= 0.3 is 0 Å². The summed E-state index contributed by atoms with van der Waals surface area (Å²) in [6.45, 7) is 8.50. The quantitative estimate of drug-likeness (QED) is 0.900. The molecule has 26 heavy (non-hydrogen) atoms. The zero-order chi connectivity index (χ0) is 18.5. The molecule has 0 aromatic heterocycles. The molecule has 2 saturated heterocycles. The second-order valence-electron chi connectivity index (χ2n) is 8.13. The van der Waals surface area contributed by atoms with Crippen LogP contribution in [0.3, 0.4) is 0 Å². The minimum absolute atomic E-state index is 0.00332. The Morgan fingerprint density at radius 1 is 1.04 bits per heavy atom. The van der Waals surface area contributed by atoms with Crippen molar-refractivity contribution >= 4 is 11.8 Å². The van der Waals surface area contributed by atoms with Gasteiger partial charge in [0.25, 0.3) is 5.91 Å². The van der Waals surface area contributed by atoms with Crippen LogP contribution in [0.15, 0.2) is 30.3 Å². The molecule has 2 aliphatic rings. The maximum atomic E-state index is 12.6. The summed E-state index contributed by atoms with van der Waals surface area (Å²) in [5.74, 6) is 1.45. The van der Waals surface area contributed by atoms with Crippen LogP contribution in [0.4, 0.5) is 0 Å². The smallest absolute Gasteiger partial charge is 0.251 e. The molecule has 1 aromatic rings. The summed E-state index contributed by atoms with van der Waals surface area (Å²) in [6, 6.07) is 9.55. The SMILES string of the molecule is CC1CC(C)CN(C(=O)CN2CCC(NC(=O)c3ccccc3)CC2)C1. The van der Waals surface area contributed by atoms with Crippen molar-refractivity contribution in [2.75, 3.05) is 32.7 Å². The third kappa shape index (κ3) is 5.07. The van der Waals surface area contributed by atoms with E-state index in [1.807, 2.05) is 35.2 Å². The lowest BCUT2D eigenvalue weighted by Gasteiger charge is -2.37. The van der Waals surface area contributed by atoms with Crippen LogP contribution in [0, 0.1) is 11.8 Å². The van der Waals surface area contributed by atoms with Crippen LogP contribution < -0.4 is 5.32 Å². The zero-order valence-corrected chi connectivity index (χ0v) is 16.0. The molecule has 2 heterocycles. The molecule has 1 N–H and O–H groups in total.